The molecule has 0 aliphatic heterocycles. The van der Waals surface area contributed by atoms with Gasteiger partial charge in [0, 0.05) is 5.56 Å². The van der Waals surface area contributed by atoms with Crippen molar-refractivity contribution in [1.29, 1.82) is 0 Å². The van der Waals surface area contributed by atoms with Crippen molar-refractivity contribution in [2.45, 2.75) is 0 Å². The number of hydrogen-bond acceptors (Lipinski definition) is 7. The average Bonchev–Trinajstić information content (AvgIpc) is 3.35. The molecule has 0 aliphatic carbocycles. The van der Waals surface area contributed by atoms with Crippen LogP contribution in [0.3, 0.4) is 0 Å². The van der Waals surface area contributed by atoms with Crippen molar-refractivity contribution < 1.29 is 23.3 Å². The third-order valence-corrected chi connectivity index (χ3v) is 3.98. The zero-order valence-corrected chi connectivity index (χ0v) is 14.5. The number of hydrogen-bond donors (Lipinski definition) is 1. The van der Waals surface area contributed by atoms with Gasteiger partial charge in [0.2, 0.25) is 5.89 Å². The van der Waals surface area contributed by atoms with Crippen LogP contribution >= 0.6 is 0 Å². The van der Waals surface area contributed by atoms with E-state index in [1.54, 1.807) is 18.2 Å². The zero-order valence-electron chi connectivity index (χ0n) is 14.5. The lowest BCUT2D eigenvalue weighted by Gasteiger charge is -2.10. The fraction of sp³-hybridized carbons (Fsp3) is 0.0526. The van der Waals surface area contributed by atoms with Gasteiger partial charge in [-0.1, -0.05) is 12.1 Å². The lowest BCUT2D eigenvalue weighted by molar-refractivity contribution is -0.402. The number of benzene rings is 2. The van der Waals surface area contributed by atoms with Gasteiger partial charge in [-0.3, -0.25) is 14.9 Å². The van der Waals surface area contributed by atoms with Crippen molar-refractivity contribution in [1.82, 2.24) is 4.98 Å². The molecule has 1 N–H and O–H groups in total. The quantitative estimate of drug-likeness (QED) is 0.406. The molecule has 4 rings (SSSR count). The number of ether oxygens (including phenoxy) is 1. The van der Waals surface area contributed by atoms with E-state index in [9.17, 15) is 14.9 Å². The number of para-hydroxylation sites is 2. The second kappa shape index (κ2) is 6.88. The molecule has 0 saturated carbocycles. The molecular formula is C19H13N3O6. The van der Waals surface area contributed by atoms with Crippen LogP contribution in [0.1, 0.15) is 10.6 Å². The van der Waals surface area contributed by atoms with E-state index in [1.165, 1.54) is 13.2 Å². The first kappa shape index (κ1) is 17.3. The van der Waals surface area contributed by atoms with Gasteiger partial charge in [0.1, 0.15) is 16.2 Å². The van der Waals surface area contributed by atoms with Gasteiger partial charge >= 0.3 is 5.88 Å². The minimum absolute atomic E-state index is 0.194. The van der Waals surface area contributed by atoms with E-state index in [0.29, 0.717) is 34.0 Å². The maximum absolute atomic E-state index is 12.4. The van der Waals surface area contributed by atoms with Crippen LogP contribution in [0, 0.1) is 10.1 Å². The van der Waals surface area contributed by atoms with E-state index in [4.69, 9.17) is 13.6 Å². The Morgan fingerprint density at radius 3 is 2.68 bits per heavy atom. The van der Waals surface area contributed by atoms with Gasteiger partial charge in [-0.2, -0.15) is 0 Å². The van der Waals surface area contributed by atoms with Crippen molar-refractivity contribution in [2.24, 2.45) is 0 Å². The van der Waals surface area contributed by atoms with Crippen LogP contribution in [0.5, 0.6) is 5.75 Å². The van der Waals surface area contributed by atoms with Crippen LogP contribution in [-0.2, 0) is 0 Å². The summed E-state index contributed by atoms with van der Waals surface area (Å²) < 4.78 is 15.9. The monoisotopic (exact) mass is 379 g/mol. The largest absolute Gasteiger partial charge is 0.495 e. The topological polar surface area (TPSA) is 121 Å². The first-order chi connectivity index (χ1) is 13.5. The van der Waals surface area contributed by atoms with E-state index in [0.717, 1.165) is 6.07 Å². The maximum atomic E-state index is 12.4. The number of oxazole rings is 1. The highest BCUT2D eigenvalue weighted by atomic mass is 16.6. The summed E-state index contributed by atoms with van der Waals surface area (Å²) in [5.41, 5.74) is 2.31. The van der Waals surface area contributed by atoms with Gasteiger partial charge in [0.25, 0.3) is 5.91 Å². The number of anilines is 1. The number of rotatable bonds is 5. The van der Waals surface area contributed by atoms with Gasteiger partial charge in [0.05, 0.1) is 18.9 Å². The van der Waals surface area contributed by atoms with Crippen LogP contribution in [0.15, 0.2) is 63.4 Å². The van der Waals surface area contributed by atoms with E-state index in [-0.39, 0.29) is 5.76 Å². The van der Waals surface area contributed by atoms with Crippen LogP contribution in [0.25, 0.3) is 22.6 Å². The molecule has 9 heteroatoms. The number of carbonyl (C=O) groups excluding carboxylic acids is 1. The molecule has 4 aromatic rings. The number of nitrogens with one attached hydrogen (secondary N) is 1. The third kappa shape index (κ3) is 3.16. The number of furan rings is 1. The minimum Gasteiger partial charge on any atom is -0.495 e. The molecule has 140 valence electrons. The molecule has 28 heavy (non-hydrogen) atoms. The summed E-state index contributed by atoms with van der Waals surface area (Å²) >= 11 is 0. The molecule has 2 heterocycles. The first-order valence-electron chi connectivity index (χ1n) is 8.15. The van der Waals surface area contributed by atoms with Crippen molar-refractivity contribution in [3.63, 3.8) is 0 Å². The summed E-state index contributed by atoms with van der Waals surface area (Å²) in [7, 11) is 1.46. The Kier molecular flexibility index (Phi) is 4.24. The molecule has 0 atom stereocenters. The van der Waals surface area contributed by atoms with Crippen molar-refractivity contribution >= 4 is 28.6 Å². The maximum Gasteiger partial charge on any atom is 0.433 e. The molecule has 0 bridgehead atoms. The van der Waals surface area contributed by atoms with E-state index in [2.05, 4.69) is 10.3 Å². The summed E-state index contributed by atoms with van der Waals surface area (Å²) in [6.07, 6.45) is 0. The SMILES string of the molecule is COc1ccc(-c2nc3ccccc3o2)cc1NC(=O)c1ccc([N+](=O)[O-])o1. The highest BCUT2D eigenvalue weighted by molar-refractivity contribution is 6.03. The van der Waals surface area contributed by atoms with Crippen LogP contribution in [0.4, 0.5) is 11.6 Å². The molecule has 0 fully saturated rings. The molecule has 0 saturated heterocycles. The molecule has 2 aromatic heterocycles. The second-order valence-corrected chi connectivity index (χ2v) is 5.75. The van der Waals surface area contributed by atoms with E-state index >= 15 is 0 Å². The Hall–Kier alpha value is -4.14. The Labute approximate surface area is 157 Å². The fourth-order valence-corrected chi connectivity index (χ4v) is 2.67. The smallest absolute Gasteiger partial charge is 0.433 e. The van der Waals surface area contributed by atoms with Gasteiger partial charge < -0.3 is 18.9 Å². The summed E-state index contributed by atoms with van der Waals surface area (Å²) in [6, 6.07) is 14.7. The molecular weight excluding hydrogens is 366 g/mol. The molecule has 2 aromatic carbocycles. The van der Waals surface area contributed by atoms with Crippen LogP contribution < -0.4 is 10.1 Å². The van der Waals surface area contributed by atoms with Gasteiger partial charge in [0.15, 0.2) is 11.3 Å². The third-order valence-electron chi connectivity index (χ3n) is 3.98. The normalized spacial score (nSPS) is 10.8. The Bertz CT molecular complexity index is 1160. The van der Waals surface area contributed by atoms with Crippen molar-refractivity contribution in [3.8, 4) is 17.2 Å². The number of fused-ring (bicyclic) bond motifs is 1. The van der Waals surface area contributed by atoms with Gasteiger partial charge in [-0.25, -0.2) is 4.98 Å². The second-order valence-electron chi connectivity index (χ2n) is 5.75. The summed E-state index contributed by atoms with van der Waals surface area (Å²) in [5, 5.41) is 13.3. The highest BCUT2D eigenvalue weighted by Crippen LogP contribution is 2.32. The van der Waals surface area contributed by atoms with Crippen molar-refractivity contribution in [2.75, 3.05) is 12.4 Å². The highest BCUT2D eigenvalue weighted by Gasteiger charge is 2.19. The van der Waals surface area contributed by atoms with E-state index < -0.39 is 16.7 Å². The van der Waals surface area contributed by atoms with Crippen LogP contribution in [0.2, 0.25) is 0 Å². The molecule has 1 amide bonds. The number of carbonyl (C=O) groups is 1. The number of aromatic nitrogens is 1. The Morgan fingerprint density at radius 1 is 1.14 bits per heavy atom. The first-order valence-corrected chi connectivity index (χ1v) is 8.15. The van der Waals surface area contributed by atoms with Crippen molar-refractivity contribution in [3.05, 3.63) is 70.5 Å². The summed E-state index contributed by atoms with van der Waals surface area (Å²) in [5.74, 6) is -0.582. The minimum atomic E-state index is -0.717. The summed E-state index contributed by atoms with van der Waals surface area (Å²) in [4.78, 5) is 26.8. The molecule has 9 nitrogen and oxygen atoms in total. The molecule has 0 spiro atoms. The lowest BCUT2D eigenvalue weighted by Crippen LogP contribution is -2.11. The van der Waals surface area contributed by atoms with Gasteiger partial charge in [-0.05, 0) is 36.4 Å². The molecule has 0 unspecified atom stereocenters. The number of methoxy groups -OCH3 is 1. The average molecular weight is 379 g/mol. The van der Waals surface area contributed by atoms with Crippen LogP contribution in [-0.4, -0.2) is 22.9 Å². The standard InChI is InChI=1S/C19H13N3O6/c1-26-14-7-6-11(19-21-12-4-2-3-5-15(12)28-19)10-13(14)20-18(23)16-8-9-17(27-16)22(24)25/h2-10H,1H3,(H,20,23). The van der Waals surface area contributed by atoms with E-state index in [1.807, 2.05) is 24.3 Å². The molecule has 0 radical (unpaired) electrons. The number of nitrogens with zero attached hydrogens (tertiary/aromatic N) is 2. The Morgan fingerprint density at radius 2 is 1.96 bits per heavy atom. The molecule has 0 aliphatic rings. The zero-order chi connectivity index (χ0) is 19.7. The fourth-order valence-electron chi connectivity index (χ4n) is 2.67. The summed E-state index contributed by atoms with van der Waals surface area (Å²) in [6.45, 7) is 0. The number of nitro groups is 1. The number of amides is 1. The van der Waals surface area contributed by atoms with Gasteiger partial charge in [-0.15, -0.1) is 0 Å². The predicted octanol–water partition coefficient (Wildman–Crippen LogP) is 4.26. The predicted molar refractivity (Wildman–Crippen MR) is 99.3 cm³/mol. The lowest BCUT2D eigenvalue weighted by atomic mass is 10.1. The Balaban J connectivity index is 1.66.